The molecule has 2 aromatic rings. The van der Waals surface area contributed by atoms with Crippen LogP contribution < -0.4 is 11.1 Å². The van der Waals surface area contributed by atoms with E-state index in [1.54, 1.807) is 0 Å². The Morgan fingerprint density at radius 2 is 1.94 bits per heavy atom. The maximum absolute atomic E-state index is 5.98. The number of nitrogens with two attached hydrogens (primary N) is 1. The first-order valence-electron chi connectivity index (χ1n) is 6.01. The monoisotopic (exact) mass is 280 g/mol. The van der Waals surface area contributed by atoms with Gasteiger partial charge in [0, 0.05) is 22.8 Å². The lowest BCUT2D eigenvalue weighted by Gasteiger charge is -2.05. The summed E-state index contributed by atoms with van der Waals surface area (Å²) in [7, 11) is 0. The number of nitrogen functional groups attached to an aromatic ring is 1. The molecule has 0 saturated heterocycles. The van der Waals surface area contributed by atoms with Gasteiger partial charge in [0.2, 0.25) is 0 Å². The van der Waals surface area contributed by atoms with Crippen molar-refractivity contribution < 1.29 is 0 Å². The third kappa shape index (κ3) is 3.48. The van der Waals surface area contributed by atoms with Crippen LogP contribution in [0.4, 0.5) is 5.69 Å². The Kier molecular flexibility index (Phi) is 4.64. The normalized spacial score (nSPS) is 10.8. The van der Waals surface area contributed by atoms with E-state index in [0.29, 0.717) is 10.7 Å². The molecular weight excluding hydrogens is 264 g/mol. The van der Waals surface area contributed by atoms with Crippen LogP contribution in [0.1, 0.15) is 22.2 Å². The second-order valence-corrected chi connectivity index (χ2v) is 5.84. The number of hydrogen-bond acceptors (Lipinski definition) is 3. The molecule has 3 N–H and O–H groups in total. The van der Waals surface area contributed by atoms with E-state index in [9.17, 15) is 0 Å². The fourth-order valence-electron chi connectivity index (χ4n) is 1.72. The molecule has 0 aliphatic heterocycles. The van der Waals surface area contributed by atoms with Crippen molar-refractivity contribution in [2.75, 3.05) is 5.73 Å². The molecule has 0 spiro atoms. The Hall–Kier alpha value is -1.03. The van der Waals surface area contributed by atoms with Gasteiger partial charge < -0.3 is 11.1 Å². The molecule has 0 aliphatic rings. The number of nitrogens with one attached hydrogen (secondary N) is 1. The van der Waals surface area contributed by atoms with Crippen molar-refractivity contribution in [3.63, 3.8) is 0 Å². The smallest absolute Gasteiger partial charge is 0.0638 e. The third-order valence-corrected chi connectivity index (χ3v) is 4.32. The lowest BCUT2D eigenvalue weighted by molar-refractivity contribution is 0.701. The molecule has 0 bridgehead atoms. The van der Waals surface area contributed by atoms with Crippen LogP contribution in [0.2, 0.25) is 5.02 Å². The molecule has 2 nitrogen and oxygen atoms in total. The average Bonchev–Trinajstić information content (AvgIpc) is 2.82. The summed E-state index contributed by atoms with van der Waals surface area (Å²) in [6, 6.07) is 10.1. The minimum atomic E-state index is 0.624. The van der Waals surface area contributed by atoms with Crippen molar-refractivity contribution in [2.24, 2.45) is 0 Å². The number of halogens is 1. The fourth-order valence-corrected chi connectivity index (χ4v) is 2.85. The summed E-state index contributed by atoms with van der Waals surface area (Å²) in [6.07, 6.45) is 1.11. The summed E-state index contributed by atoms with van der Waals surface area (Å²) < 4.78 is 0. The molecule has 0 amide bonds. The summed E-state index contributed by atoms with van der Waals surface area (Å²) in [6.45, 7) is 3.88. The van der Waals surface area contributed by atoms with Gasteiger partial charge in [0.05, 0.1) is 10.7 Å². The molecule has 0 saturated carbocycles. The third-order valence-electron chi connectivity index (χ3n) is 2.76. The second kappa shape index (κ2) is 6.23. The Morgan fingerprint density at radius 1 is 1.17 bits per heavy atom. The molecule has 0 atom stereocenters. The van der Waals surface area contributed by atoms with Gasteiger partial charge in [0.15, 0.2) is 0 Å². The predicted octanol–water partition coefficient (Wildman–Crippen LogP) is 3.84. The number of rotatable bonds is 5. The first-order chi connectivity index (χ1) is 8.69. The van der Waals surface area contributed by atoms with E-state index in [0.717, 1.165) is 25.1 Å². The number of hydrogen-bond donors (Lipinski definition) is 2. The van der Waals surface area contributed by atoms with E-state index in [1.165, 1.54) is 9.75 Å². The van der Waals surface area contributed by atoms with Crippen LogP contribution in [0.3, 0.4) is 0 Å². The summed E-state index contributed by atoms with van der Waals surface area (Å²) in [5.74, 6) is 0. The van der Waals surface area contributed by atoms with E-state index < -0.39 is 0 Å². The van der Waals surface area contributed by atoms with Gasteiger partial charge in [0.25, 0.3) is 0 Å². The van der Waals surface area contributed by atoms with Crippen molar-refractivity contribution in [1.82, 2.24) is 5.32 Å². The Labute approximate surface area is 117 Å². The van der Waals surface area contributed by atoms with Gasteiger partial charge in [0.1, 0.15) is 0 Å². The fraction of sp³-hybridized carbons (Fsp3) is 0.286. The minimum absolute atomic E-state index is 0.624. The number of aryl methyl sites for hydroxylation is 1. The summed E-state index contributed by atoms with van der Waals surface area (Å²) in [5, 5.41) is 4.04. The van der Waals surface area contributed by atoms with E-state index in [2.05, 4.69) is 24.4 Å². The Bertz CT molecular complexity index is 522. The zero-order valence-electron chi connectivity index (χ0n) is 10.4. The summed E-state index contributed by atoms with van der Waals surface area (Å²) in [5.41, 5.74) is 7.46. The van der Waals surface area contributed by atoms with Gasteiger partial charge in [-0.3, -0.25) is 0 Å². The minimum Gasteiger partial charge on any atom is -0.398 e. The highest BCUT2D eigenvalue weighted by Crippen LogP contribution is 2.20. The standard InChI is InChI=1S/C14H17ClN2S/c1-2-11-4-5-12(18-11)9-17-8-10-3-6-14(16)13(15)7-10/h3-7,17H,2,8-9,16H2,1H3. The SMILES string of the molecule is CCc1ccc(CNCc2ccc(N)c(Cl)c2)s1. The van der Waals surface area contributed by atoms with Crippen LogP contribution in [0, 0.1) is 0 Å². The molecule has 2 rings (SSSR count). The molecule has 1 heterocycles. The Balaban J connectivity index is 1.86. The number of thiophene rings is 1. The maximum atomic E-state index is 5.98. The average molecular weight is 281 g/mol. The quantitative estimate of drug-likeness (QED) is 0.817. The molecule has 1 aromatic carbocycles. The second-order valence-electron chi connectivity index (χ2n) is 4.18. The molecule has 18 heavy (non-hydrogen) atoms. The van der Waals surface area contributed by atoms with E-state index in [4.69, 9.17) is 17.3 Å². The first kappa shape index (κ1) is 13.4. The van der Waals surface area contributed by atoms with E-state index in [-0.39, 0.29) is 0 Å². The van der Waals surface area contributed by atoms with E-state index in [1.807, 2.05) is 29.5 Å². The zero-order valence-corrected chi connectivity index (χ0v) is 11.9. The zero-order chi connectivity index (χ0) is 13.0. The molecule has 0 aliphatic carbocycles. The van der Waals surface area contributed by atoms with Gasteiger partial charge in [-0.25, -0.2) is 0 Å². The molecule has 0 unspecified atom stereocenters. The van der Waals surface area contributed by atoms with Crippen LogP contribution in [-0.2, 0) is 19.5 Å². The first-order valence-corrected chi connectivity index (χ1v) is 7.20. The number of anilines is 1. The lowest BCUT2D eigenvalue weighted by Crippen LogP contribution is -2.11. The van der Waals surface area contributed by atoms with E-state index >= 15 is 0 Å². The van der Waals surface area contributed by atoms with Crippen molar-refractivity contribution in [3.8, 4) is 0 Å². The molecule has 0 fully saturated rings. The van der Waals surface area contributed by atoms with Crippen molar-refractivity contribution in [3.05, 3.63) is 50.7 Å². The lowest BCUT2D eigenvalue weighted by atomic mass is 10.2. The summed E-state index contributed by atoms with van der Waals surface area (Å²) in [4.78, 5) is 2.80. The van der Waals surface area contributed by atoms with Crippen molar-refractivity contribution in [2.45, 2.75) is 26.4 Å². The van der Waals surface area contributed by atoms with Gasteiger partial charge in [-0.15, -0.1) is 11.3 Å². The largest absolute Gasteiger partial charge is 0.398 e. The molecule has 0 radical (unpaired) electrons. The highest BCUT2D eigenvalue weighted by molar-refractivity contribution is 7.11. The molecule has 1 aromatic heterocycles. The maximum Gasteiger partial charge on any atom is 0.0638 e. The van der Waals surface area contributed by atoms with Crippen LogP contribution in [0.25, 0.3) is 0 Å². The molecule has 96 valence electrons. The highest BCUT2D eigenvalue weighted by atomic mass is 35.5. The molecular formula is C14H17ClN2S. The van der Waals surface area contributed by atoms with Crippen LogP contribution >= 0.6 is 22.9 Å². The summed E-state index contributed by atoms with van der Waals surface area (Å²) >= 11 is 7.85. The van der Waals surface area contributed by atoms with Gasteiger partial charge in [-0.05, 0) is 36.2 Å². The van der Waals surface area contributed by atoms with Gasteiger partial charge in [-0.1, -0.05) is 24.6 Å². The van der Waals surface area contributed by atoms with Gasteiger partial charge in [-0.2, -0.15) is 0 Å². The van der Waals surface area contributed by atoms with Crippen molar-refractivity contribution >= 4 is 28.6 Å². The Morgan fingerprint density at radius 3 is 2.61 bits per heavy atom. The number of benzene rings is 1. The van der Waals surface area contributed by atoms with Crippen molar-refractivity contribution in [1.29, 1.82) is 0 Å². The predicted molar refractivity (Wildman–Crippen MR) is 80.1 cm³/mol. The highest BCUT2D eigenvalue weighted by Gasteiger charge is 2.00. The van der Waals surface area contributed by atoms with Crippen LogP contribution in [-0.4, -0.2) is 0 Å². The van der Waals surface area contributed by atoms with Crippen LogP contribution in [0.5, 0.6) is 0 Å². The van der Waals surface area contributed by atoms with Crippen LogP contribution in [0.15, 0.2) is 30.3 Å². The molecule has 4 heteroatoms. The topological polar surface area (TPSA) is 38.0 Å². The van der Waals surface area contributed by atoms with Gasteiger partial charge >= 0.3 is 0 Å².